The first-order valence-corrected chi connectivity index (χ1v) is 21.4. The van der Waals surface area contributed by atoms with Crippen LogP contribution in [0.15, 0.2) is 199 Å². The predicted octanol–water partition coefficient (Wildman–Crippen LogP) is 15.4. The van der Waals surface area contributed by atoms with Gasteiger partial charge in [0, 0.05) is 33.0 Å². The number of aryl methyl sites for hydroxylation is 1. The van der Waals surface area contributed by atoms with Gasteiger partial charge < -0.3 is 8.98 Å². The van der Waals surface area contributed by atoms with E-state index in [0.29, 0.717) is 11.4 Å². The van der Waals surface area contributed by atoms with Gasteiger partial charge >= 0.3 is 0 Å². The number of nitrogens with zero attached hydrogens (tertiary/aromatic N) is 3. The number of aromatic nitrogens is 3. The van der Waals surface area contributed by atoms with E-state index in [1.165, 1.54) is 65.6 Å². The number of rotatable bonds is 5. The summed E-state index contributed by atoms with van der Waals surface area (Å²) in [5.41, 5.74) is 16.0. The molecule has 1 aliphatic carbocycles. The quantitative estimate of drug-likeness (QED) is 0.163. The molecule has 4 heteroatoms. The Kier molecular flexibility index (Phi) is 7.70. The van der Waals surface area contributed by atoms with Crippen LogP contribution in [0.5, 0.6) is 0 Å². The summed E-state index contributed by atoms with van der Waals surface area (Å²) in [6.07, 6.45) is 6.83. The number of furan rings is 1. The maximum absolute atomic E-state index is 6.40. The topological polar surface area (TPSA) is 43.9 Å². The molecule has 0 bridgehead atoms. The van der Waals surface area contributed by atoms with Crippen molar-refractivity contribution in [3.63, 3.8) is 0 Å². The molecule has 0 fully saturated rings. The summed E-state index contributed by atoms with van der Waals surface area (Å²) in [4.78, 5) is 10.3. The molecule has 3 heterocycles. The molecular weight excluding hydrogens is 755 g/mol. The molecule has 0 atom stereocenters. The van der Waals surface area contributed by atoms with Crippen LogP contribution in [-0.2, 0) is 6.42 Å². The average molecular weight is 792 g/mol. The van der Waals surface area contributed by atoms with E-state index in [1.807, 2.05) is 36.4 Å². The number of allylic oxidation sites excluding steroid dienone is 1. The third-order valence-corrected chi connectivity index (χ3v) is 12.9. The van der Waals surface area contributed by atoms with Crippen LogP contribution in [-0.4, -0.2) is 14.5 Å². The lowest BCUT2D eigenvalue weighted by Gasteiger charge is -2.18. The van der Waals surface area contributed by atoms with Crippen LogP contribution in [0.4, 0.5) is 0 Å². The molecule has 62 heavy (non-hydrogen) atoms. The lowest BCUT2D eigenvalue weighted by atomic mass is 9.85. The third kappa shape index (κ3) is 5.40. The number of fused-ring (bicyclic) bond motifs is 12. The van der Waals surface area contributed by atoms with Crippen LogP contribution < -0.4 is 0 Å². The van der Waals surface area contributed by atoms with E-state index in [0.717, 1.165) is 63.0 Å². The van der Waals surface area contributed by atoms with Crippen LogP contribution in [0.1, 0.15) is 17.5 Å². The number of benzene rings is 9. The normalized spacial score (nSPS) is 12.6. The summed E-state index contributed by atoms with van der Waals surface area (Å²) in [5.74, 6) is 0.663. The smallest absolute Gasteiger partial charge is 0.180 e. The zero-order chi connectivity index (χ0) is 40.7. The first-order valence-electron chi connectivity index (χ1n) is 21.4. The third-order valence-electron chi connectivity index (χ3n) is 12.9. The molecule has 12 aromatic rings. The minimum atomic E-state index is 0.663. The molecule has 0 aliphatic heterocycles. The minimum Gasteiger partial charge on any atom is -0.452 e. The molecule has 3 aromatic heterocycles. The molecule has 0 N–H and O–H groups in total. The van der Waals surface area contributed by atoms with E-state index in [4.69, 9.17) is 14.4 Å². The fraction of sp³-hybridized carbons (Fsp3) is 0.0345. The van der Waals surface area contributed by atoms with Crippen molar-refractivity contribution in [2.75, 3.05) is 0 Å². The van der Waals surface area contributed by atoms with Crippen molar-refractivity contribution < 1.29 is 4.42 Å². The van der Waals surface area contributed by atoms with E-state index >= 15 is 0 Å². The van der Waals surface area contributed by atoms with Crippen molar-refractivity contribution >= 4 is 71.5 Å². The number of para-hydroxylation sites is 2. The van der Waals surface area contributed by atoms with Gasteiger partial charge in [0.2, 0.25) is 0 Å². The molecule has 4 nitrogen and oxygen atoms in total. The maximum Gasteiger partial charge on any atom is 0.180 e. The first kappa shape index (κ1) is 34.8. The largest absolute Gasteiger partial charge is 0.452 e. The predicted molar refractivity (Wildman–Crippen MR) is 258 cm³/mol. The SMILES string of the molecule is C1=Cc2c(c3ccccc3c3ccc(-c4ccc5c(c4)c4cc(-c6cccc(-c7nc(-c8ccccc8)c8oc9ccccc9c8n7)c6)ccc4n5-c4ccccc4)cc23)CC1. The van der Waals surface area contributed by atoms with Gasteiger partial charge in [-0.25, -0.2) is 9.97 Å². The molecule has 1 aliphatic rings. The summed E-state index contributed by atoms with van der Waals surface area (Å²) in [7, 11) is 0. The molecule has 0 saturated heterocycles. The Morgan fingerprint density at radius 1 is 0.435 bits per heavy atom. The molecule has 9 aromatic carbocycles. The van der Waals surface area contributed by atoms with E-state index < -0.39 is 0 Å². The van der Waals surface area contributed by atoms with Gasteiger partial charge in [0.15, 0.2) is 11.4 Å². The van der Waals surface area contributed by atoms with Crippen LogP contribution >= 0.6 is 0 Å². The monoisotopic (exact) mass is 791 g/mol. The van der Waals surface area contributed by atoms with Crippen molar-refractivity contribution in [1.82, 2.24) is 14.5 Å². The van der Waals surface area contributed by atoms with Crippen molar-refractivity contribution in [3.8, 4) is 50.6 Å². The fourth-order valence-electron chi connectivity index (χ4n) is 9.95. The van der Waals surface area contributed by atoms with Crippen LogP contribution in [0.3, 0.4) is 0 Å². The van der Waals surface area contributed by atoms with E-state index in [-0.39, 0.29) is 0 Å². The van der Waals surface area contributed by atoms with Crippen molar-refractivity contribution in [2.45, 2.75) is 12.8 Å². The van der Waals surface area contributed by atoms with Crippen LogP contribution in [0.25, 0.3) is 122 Å². The Balaban J connectivity index is 0.978. The highest BCUT2D eigenvalue weighted by Gasteiger charge is 2.20. The van der Waals surface area contributed by atoms with E-state index in [1.54, 1.807) is 0 Å². The molecule has 0 radical (unpaired) electrons. The average Bonchev–Trinajstić information content (AvgIpc) is 3.89. The summed E-state index contributed by atoms with van der Waals surface area (Å²) in [6, 6.07) is 67.5. The van der Waals surface area contributed by atoms with Gasteiger partial charge in [0.05, 0.1) is 11.0 Å². The molecule has 0 spiro atoms. The number of hydrogen-bond donors (Lipinski definition) is 0. The lowest BCUT2D eigenvalue weighted by Crippen LogP contribution is -1.98. The second-order valence-corrected chi connectivity index (χ2v) is 16.4. The van der Waals surface area contributed by atoms with Gasteiger partial charge in [-0.15, -0.1) is 0 Å². The van der Waals surface area contributed by atoms with Crippen molar-refractivity contribution in [3.05, 3.63) is 205 Å². The zero-order valence-electron chi connectivity index (χ0n) is 33.7. The summed E-state index contributed by atoms with van der Waals surface area (Å²) >= 11 is 0. The highest BCUT2D eigenvalue weighted by Crippen LogP contribution is 2.42. The van der Waals surface area contributed by atoms with Gasteiger partial charge in [-0.3, -0.25) is 0 Å². The molecule has 0 amide bonds. The second kappa shape index (κ2) is 13.7. The lowest BCUT2D eigenvalue weighted by molar-refractivity contribution is 0.667. The minimum absolute atomic E-state index is 0.663. The van der Waals surface area contributed by atoms with Gasteiger partial charge in [0.25, 0.3) is 0 Å². The summed E-state index contributed by atoms with van der Waals surface area (Å²) < 4.78 is 8.79. The Morgan fingerprint density at radius 3 is 1.81 bits per heavy atom. The standard InChI is InChI=1S/C58H37N3O/c1-3-14-36(15-4-1)55-57-56(48-24-11-12-25-54(48)62-57)60-58(59-55)41-17-13-16-37(32-41)39-27-30-52-50(34-39)51-35-40(28-31-53(51)61(52)42-18-5-2-6-19-42)38-26-29-47-45-22-8-7-20-43(45)44-21-9-10-23-46(44)49(47)33-38/h1-8,10-20,22-35H,9,21H2. The Bertz CT molecular complexity index is 3800. The van der Waals surface area contributed by atoms with E-state index in [9.17, 15) is 0 Å². The second-order valence-electron chi connectivity index (χ2n) is 16.4. The van der Waals surface area contributed by atoms with Gasteiger partial charge in [-0.2, -0.15) is 0 Å². The Labute approximate surface area is 357 Å². The Hall–Kier alpha value is -8.08. The highest BCUT2D eigenvalue weighted by atomic mass is 16.3. The summed E-state index contributed by atoms with van der Waals surface area (Å²) in [5, 5.41) is 8.74. The molecule has 290 valence electrons. The maximum atomic E-state index is 6.40. The van der Waals surface area contributed by atoms with Gasteiger partial charge in [0.1, 0.15) is 16.8 Å². The summed E-state index contributed by atoms with van der Waals surface area (Å²) in [6.45, 7) is 0. The van der Waals surface area contributed by atoms with E-state index in [2.05, 4.69) is 168 Å². The van der Waals surface area contributed by atoms with Gasteiger partial charge in [-0.1, -0.05) is 140 Å². The van der Waals surface area contributed by atoms with Crippen LogP contribution in [0.2, 0.25) is 0 Å². The molecule has 13 rings (SSSR count). The highest BCUT2D eigenvalue weighted by molar-refractivity contribution is 6.15. The van der Waals surface area contributed by atoms with Crippen LogP contribution in [0, 0.1) is 0 Å². The van der Waals surface area contributed by atoms with Crippen molar-refractivity contribution in [2.24, 2.45) is 0 Å². The molecule has 0 unspecified atom stereocenters. The fourth-order valence-corrected chi connectivity index (χ4v) is 9.95. The first-order chi connectivity index (χ1) is 30.7. The molecule has 0 saturated carbocycles. The number of hydrogen-bond acceptors (Lipinski definition) is 3. The van der Waals surface area contributed by atoms with Crippen molar-refractivity contribution in [1.29, 1.82) is 0 Å². The Morgan fingerprint density at radius 2 is 1.03 bits per heavy atom. The zero-order valence-corrected chi connectivity index (χ0v) is 33.7. The van der Waals surface area contributed by atoms with Gasteiger partial charge in [-0.05, 0) is 128 Å². The molecular formula is C58H37N3O.